The standard InChI is InChI=1S/C8H7N2O6/c1-15-7-4-5(9(11)12)3-6(10(13)14)8(7)16-2/h4H,1-2H3. The van der Waals surface area contributed by atoms with Crippen LogP contribution in [0, 0.1) is 26.3 Å². The largest absolute Gasteiger partial charge is 0.492 e. The van der Waals surface area contributed by atoms with Crippen LogP contribution in [0.15, 0.2) is 6.07 Å². The van der Waals surface area contributed by atoms with Crippen molar-refractivity contribution in [3.8, 4) is 11.5 Å². The number of hydrogen-bond acceptors (Lipinski definition) is 6. The molecule has 0 aromatic heterocycles. The van der Waals surface area contributed by atoms with Gasteiger partial charge in [-0.3, -0.25) is 20.2 Å². The lowest BCUT2D eigenvalue weighted by Gasteiger charge is -2.06. The van der Waals surface area contributed by atoms with Crippen LogP contribution in [-0.4, -0.2) is 24.1 Å². The lowest BCUT2D eigenvalue weighted by molar-refractivity contribution is -0.395. The molecule has 1 rings (SSSR count). The summed E-state index contributed by atoms with van der Waals surface area (Å²) in [6, 6.07) is 3.04. The van der Waals surface area contributed by atoms with Gasteiger partial charge in [0.05, 0.1) is 30.1 Å². The van der Waals surface area contributed by atoms with Crippen molar-refractivity contribution in [3.63, 3.8) is 0 Å². The van der Waals surface area contributed by atoms with Crippen LogP contribution < -0.4 is 9.47 Å². The van der Waals surface area contributed by atoms with Crippen molar-refractivity contribution < 1.29 is 19.3 Å². The van der Waals surface area contributed by atoms with Crippen LogP contribution >= 0.6 is 0 Å². The quantitative estimate of drug-likeness (QED) is 0.567. The first-order valence-corrected chi connectivity index (χ1v) is 3.98. The minimum absolute atomic E-state index is 0.0837. The fraction of sp³-hybridized carbons (Fsp3) is 0.250. The van der Waals surface area contributed by atoms with Crippen LogP contribution in [0.25, 0.3) is 0 Å². The van der Waals surface area contributed by atoms with Gasteiger partial charge in [-0.2, -0.15) is 0 Å². The zero-order valence-corrected chi connectivity index (χ0v) is 8.42. The van der Waals surface area contributed by atoms with Gasteiger partial charge in [-0.05, 0) is 0 Å². The molecule has 1 radical (unpaired) electrons. The first kappa shape index (κ1) is 11.7. The molecule has 0 saturated carbocycles. The molecule has 0 spiro atoms. The maximum Gasteiger partial charge on any atom is 0.330 e. The van der Waals surface area contributed by atoms with Gasteiger partial charge >= 0.3 is 5.69 Å². The van der Waals surface area contributed by atoms with E-state index in [-0.39, 0.29) is 11.5 Å². The molecule has 0 atom stereocenters. The highest BCUT2D eigenvalue weighted by atomic mass is 16.6. The predicted molar refractivity (Wildman–Crippen MR) is 51.7 cm³/mol. The Morgan fingerprint density at radius 2 is 1.81 bits per heavy atom. The van der Waals surface area contributed by atoms with Gasteiger partial charge in [-0.1, -0.05) is 0 Å². The highest BCUT2D eigenvalue weighted by Gasteiger charge is 2.26. The van der Waals surface area contributed by atoms with E-state index in [1.807, 2.05) is 6.07 Å². The van der Waals surface area contributed by atoms with Crippen molar-refractivity contribution in [1.29, 1.82) is 0 Å². The number of ether oxygens (including phenoxy) is 2. The maximum atomic E-state index is 10.6. The first-order chi connectivity index (χ1) is 7.51. The molecule has 8 nitrogen and oxygen atoms in total. The molecule has 0 fully saturated rings. The van der Waals surface area contributed by atoms with Gasteiger partial charge in [0.25, 0.3) is 5.69 Å². The Morgan fingerprint density at radius 3 is 2.19 bits per heavy atom. The van der Waals surface area contributed by atoms with Crippen LogP contribution in [0.3, 0.4) is 0 Å². The van der Waals surface area contributed by atoms with E-state index < -0.39 is 21.2 Å². The topological polar surface area (TPSA) is 105 Å². The summed E-state index contributed by atoms with van der Waals surface area (Å²) in [4.78, 5) is 19.5. The molecule has 0 aliphatic carbocycles. The Bertz CT molecular complexity index is 444. The summed E-state index contributed by atoms with van der Waals surface area (Å²) in [6.07, 6.45) is 0. The molecule has 0 unspecified atom stereocenters. The molecule has 85 valence electrons. The summed E-state index contributed by atoms with van der Waals surface area (Å²) < 4.78 is 9.51. The van der Waals surface area contributed by atoms with Crippen molar-refractivity contribution in [3.05, 3.63) is 32.4 Å². The maximum absolute atomic E-state index is 10.6. The summed E-state index contributed by atoms with van der Waals surface area (Å²) >= 11 is 0. The average molecular weight is 227 g/mol. The Labute approximate surface area is 89.7 Å². The summed E-state index contributed by atoms with van der Waals surface area (Å²) in [5.74, 6) is -0.280. The molecule has 0 saturated heterocycles. The molecule has 16 heavy (non-hydrogen) atoms. The second-order valence-electron chi connectivity index (χ2n) is 2.62. The number of nitro benzene ring substituents is 2. The van der Waals surface area contributed by atoms with E-state index in [2.05, 4.69) is 0 Å². The molecule has 0 aliphatic rings. The minimum Gasteiger partial charge on any atom is -0.492 e. The Kier molecular flexibility index (Phi) is 3.24. The molecule has 0 bridgehead atoms. The van der Waals surface area contributed by atoms with Gasteiger partial charge in [-0.15, -0.1) is 0 Å². The second kappa shape index (κ2) is 4.43. The van der Waals surface area contributed by atoms with Crippen molar-refractivity contribution in [2.45, 2.75) is 0 Å². The molecule has 0 heterocycles. The van der Waals surface area contributed by atoms with Gasteiger partial charge in [0, 0.05) is 0 Å². The predicted octanol–water partition coefficient (Wildman–Crippen LogP) is 1.32. The number of methoxy groups -OCH3 is 2. The molecular formula is C8H7N2O6. The number of nitrogens with zero attached hydrogens (tertiary/aromatic N) is 2. The number of non-ortho nitro benzene ring substituents is 1. The van der Waals surface area contributed by atoms with E-state index in [1.54, 1.807) is 0 Å². The third-order valence-electron chi connectivity index (χ3n) is 1.76. The first-order valence-electron chi connectivity index (χ1n) is 3.98. The monoisotopic (exact) mass is 227 g/mol. The molecule has 0 N–H and O–H groups in total. The SMILES string of the molecule is COc1cc([N+](=O)[O-])[c]c([N+](=O)[O-])c1OC. The van der Waals surface area contributed by atoms with Gasteiger partial charge in [0.1, 0.15) is 0 Å². The average Bonchev–Trinajstić information content (AvgIpc) is 2.26. The Balaban J connectivity index is 3.49. The van der Waals surface area contributed by atoms with Gasteiger partial charge in [-0.25, -0.2) is 0 Å². The zero-order valence-electron chi connectivity index (χ0n) is 8.42. The second-order valence-corrected chi connectivity index (χ2v) is 2.62. The highest BCUT2D eigenvalue weighted by Crippen LogP contribution is 2.39. The normalized spacial score (nSPS) is 9.62. The molecule has 1 aromatic rings. The third-order valence-corrected chi connectivity index (χ3v) is 1.76. The van der Waals surface area contributed by atoms with Crippen molar-refractivity contribution in [1.82, 2.24) is 0 Å². The lowest BCUT2D eigenvalue weighted by Crippen LogP contribution is -1.99. The van der Waals surface area contributed by atoms with Crippen LogP contribution in [0.1, 0.15) is 0 Å². The van der Waals surface area contributed by atoms with E-state index in [4.69, 9.17) is 9.47 Å². The molecular weight excluding hydrogens is 220 g/mol. The molecule has 8 heteroatoms. The zero-order chi connectivity index (χ0) is 12.3. The highest BCUT2D eigenvalue weighted by molar-refractivity contribution is 5.61. The summed E-state index contributed by atoms with van der Waals surface area (Å²) in [5, 5.41) is 21.1. The van der Waals surface area contributed by atoms with E-state index in [0.29, 0.717) is 0 Å². The van der Waals surface area contributed by atoms with Crippen molar-refractivity contribution in [2.75, 3.05) is 14.2 Å². The van der Waals surface area contributed by atoms with Crippen LogP contribution in [0.5, 0.6) is 11.5 Å². The van der Waals surface area contributed by atoms with Crippen LogP contribution in [0.4, 0.5) is 11.4 Å². The Morgan fingerprint density at radius 1 is 1.19 bits per heavy atom. The summed E-state index contributed by atoms with van der Waals surface area (Å²) in [7, 11) is 2.43. The van der Waals surface area contributed by atoms with Crippen LogP contribution in [0.2, 0.25) is 0 Å². The molecule has 1 aromatic carbocycles. The molecule has 0 amide bonds. The number of hydrogen-bond donors (Lipinski definition) is 0. The summed E-state index contributed by atoms with van der Waals surface area (Å²) in [5.41, 5.74) is -1.18. The Hall–Kier alpha value is -2.38. The summed E-state index contributed by atoms with van der Waals surface area (Å²) in [6.45, 7) is 0. The van der Waals surface area contributed by atoms with E-state index in [9.17, 15) is 20.2 Å². The number of nitro groups is 2. The third kappa shape index (κ3) is 2.00. The van der Waals surface area contributed by atoms with Crippen molar-refractivity contribution in [2.24, 2.45) is 0 Å². The lowest BCUT2D eigenvalue weighted by atomic mass is 10.2. The fourth-order valence-corrected chi connectivity index (χ4v) is 1.10. The fourth-order valence-electron chi connectivity index (χ4n) is 1.10. The van der Waals surface area contributed by atoms with E-state index in [0.717, 1.165) is 6.07 Å². The molecule has 0 aliphatic heterocycles. The van der Waals surface area contributed by atoms with Gasteiger partial charge in [0.15, 0.2) is 11.8 Å². The van der Waals surface area contributed by atoms with E-state index >= 15 is 0 Å². The van der Waals surface area contributed by atoms with Crippen molar-refractivity contribution >= 4 is 11.4 Å². The smallest absolute Gasteiger partial charge is 0.330 e. The van der Waals surface area contributed by atoms with Gasteiger partial charge in [0.2, 0.25) is 5.75 Å². The van der Waals surface area contributed by atoms with E-state index in [1.165, 1.54) is 14.2 Å². The number of rotatable bonds is 4. The van der Waals surface area contributed by atoms with Crippen LogP contribution in [-0.2, 0) is 0 Å². The minimum atomic E-state index is -0.825. The number of benzene rings is 1. The van der Waals surface area contributed by atoms with Gasteiger partial charge < -0.3 is 9.47 Å².